The lowest BCUT2D eigenvalue weighted by Gasteiger charge is -2.35. The third-order valence-electron chi connectivity index (χ3n) is 4.40. The van der Waals surface area contributed by atoms with Gasteiger partial charge in [-0.25, -0.2) is 0 Å². The van der Waals surface area contributed by atoms with Crippen LogP contribution >= 0.6 is 15.9 Å². The molecule has 1 aromatic carbocycles. The molecule has 1 saturated carbocycles. The molecule has 3 nitrogen and oxygen atoms in total. The van der Waals surface area contributed by atoms with Crippen molar-refractivity contribution in [2.45, 2.75) is 45.1 Å². The number of nitrogens with two attached hydrogens (primary N) is 1. The average Bonchev–Trinajstić information content (AvgIpc) is 2.48. The maximum absolute atomic E-state index is 12.6. The number of carbonyl (C=O) groups is 1. The Morgan fingerprint density at radius 1 is 1.35 bits per heavy atom. The summed E-state index contributed by atoms with van der Waals surface area (Å²) in [5.41, 5.74) is 6.66. The predicted molar refractivity (Wildman–Crippen MR) is 85.3 cm³/mol. The van der Waals surface area contributed by atoms with Crippen molar-refractivity contribution in [2.75, 3.05) is 6.54 Å². The second-order valence-corrected chi connectivity index (χ2v) is 6.62. The van der Waals surface area contributed by atoms with E-state index in [4.69, 9.17) is 5.73 Å². The van der Waals surface area contributed by atoms with E-state index >= 15 is 0 Å². The van der Waals surface area contributed by atoms with Crippen LogP contribution < -0.4 is 11.1 Å². The highest BCUT2D eigenvalue weighted by atomic mass is 79.9. The molecular weight excluding hydrogens is 316 g/mol. The van der Waals surface area contributed by atoms with Crippen molar-refractivity contribution in [3.8, 4) is 0 Å². The minimum absolute atomic E-state index is 0.0107. The molecule has 0 spiro atoms. The molecule has 1 atom stereocenters. The summed E-state index contributed by atoms with van der Waals surface area (Å²) in [4.78, 5) is 12.6. The van der Waals surface area contributed by atoms with Crippen molar-refractivity contribution >= 4 is 21.8 Å². The van der Waals surface area contributed by atoms with E-state index in [0.29, 0.717) is 6.54 Å². The van der Waals surface area contributed by atoms with Crippen molar-refractivity contribution in [3.05, 3.63) is 34.3 Å². The molecule has 0 saturated heterocycles. The zero-order valence-corrected chi connectivity index (χ0v) is 13.6. The van der Waals surface area contributed by atoms with Crippen LogP contribution in [-0.4, -0.2) is 12.5 Å². The zero-order valence-electron chi connectivity index (χ0n) is 12.0. The van der Waals surface area contributed by atoms with Gasteiger partial charge in [0.2, 0.25) is 5.91 Å². The van der Waals surface area contributed by atoms with Crippen molar-refractivity contribution in [2.24, 2.45) is 11.1 Å². The standard InChI is InChI=1S/C16H23BrN2O/c1-12(13-7-3-4-8-14(13)17)19-15(20)16(11-18)9-5-2-6-10-16/h3-4,7-8,12H,2,5-6,9-11,18H2,1H3,(H,19,20). The number of benzene rings is 1. The lowest BCUT2D eigenvalue weighted by Crippen LogP contribution is -2.47. The Kier molecular flexibility index (Phi) is 5.22. The highest BCUT2D eigenvalue weighted by molar-refractivity contribution is 9.10. The Bertz CT molecular complexity index is 469. The largest absolute Gasteiger partial charge is 0.349 e. The van der Waals surface area contributed by atoms with Gasteiger partial charge >= 0.3 is 0 Å². The van der Waals surface area contributed by atoms with Crippen molar-refractivity contribution in [1.82, 2.24) is 5.32 Å². The van der Waals surface area contributed by atoms with E-state index in [1.54, 1.807) is 0 Å². The topological polar surface area (TPSA) is 55.1 Å². The van der Waals surface area contributed by atoms with Gasteiger partial charge in [-0.05, 0) is 31.4 Å². The van der Waals surface area contributed by atoms with Crippen LogP contribution in [0.2, 0.25) is 0 Å². The summed E-state index contributed by atoms with van der Waals surface area (Å²) in [6.45, 7) is 2.46. The van der Waals surface area contributed by atoms with Gasteiger partial charge in [-0.1, -0.05) is 53.4 Å². The molecule has 1 fully saturated rings. The smallest absolute Gasteiger partial charge is 0.227 e. The number of halogens is 1. The molecule has 0 bridgehead atoms. The van der Waals surface area contributed by atoms with Gasteiger partial charge in [0.1, 0.15) is 0 Å². The fraction of sp³-hybridized carbons (Fsp3) is 0.562. The Morgan fingerprint density at radius 3 is 2.60 bits per heavy atom. The summed E-state index contributed by atoms with van der Waals surface area (Å²) in [6.07, 6.45) is 5.26. The molecule has 110 valence electrons. The van der Waals surface area contributed by atoms with Crippen LogP contribution in [0.5, 0.6) is 0 Å². The molecule has 20 heavy (non-hydrogen) atoms. The number of amides is 1. The van der Waals surface area contributed by atoms with Crippen molar-refractivity contribution < 1.29 is 4.79 Å². The molecule has 1 aliphatic carbocycles. The van der Waals surface area contributed by atoms with Crippen LogP contribution in [0.3, 0.4) is 0 Å². The van der Waals surface area contributed by atoms with Gasteiger partial charge in [0.05, 0.1) is 11.5 Å². The van der Waals surface area contributed by atoms with Crippen molar-refractivity contribution in [1.29, 1.82) is 0 Å². The van der Waals surface area contributed by atoms with Crippen LogP contribution in [0, 0.1) is 5.41 Å². The van der Waals surface area contributed by atoms with Gasteiger partial charge in [0, 0.05) is 11.0 Å². The Hall–Kier alpha value is -0.870. The number of nitrogens with one attached hydrogen (secondary N) is 1. The molecule has 2 rings (SSSR count). The van der Waals surface area contributed by atoms with Gasteiger partial charge in [0.15, 0.2) is 0 Å². The summed E-state index contributed by atoms with van der Waals surface area (Å²) < 4.78 is 1.03. The molecule has 0 aromatic heterocycles. The van der Waals surface area contributed by atoms with Crippen molar-refractivity contribution in [3.63, 3.8) is 0 Å². The Balaban J connectivity index is 2.08. The lowest BCUT2D eigenvalue weighted by atomic mass is 9.73. The maximum Gasteiger partial charge on any atom is 0.227 e. The predicted octanol–water partition coefficient (Wildman–Crippen LogP) is 3.54. The molecule has 1 aliphatic rings. The molecule has 3 N–H and O–H groups in total. The minimum Gasteiger partial charge on any atom is -0.349 e. The number of rotatable bonds is 4. The van der Waals surface area contributed by atoms with Gasteiger partial charge < -0.3 is 11.1 Å². The number of hydrogen-bond acceptors (Lipinski definition) is 2. The highest BCUT2D eigenvalue weighted by Crippen LogP contribution is 2.36. The molecule has 0 aliphatic heterocycles. The molecular formula is C16H23BrN2O. The van der Waals surface area contributed by atoms with Crippen LogP contribution in [-0.2, 0) is 4.79 Å². The van der Waals surface area contributed by atoms with E-state index < -0.39 is 0 Å². The summed E-state index contributed by atoms with van der Waals surface area (Å²) in [7, 11) is 0. The molecule has 1 unspecified atom stereocenters. The first-order valence-corrected chi connectivity index (χ1v) is 8.14. The minimum atomic E-state index is -0.353. The second-order valence-electron chi connectivity index (χ2n) is 5.76. The van der Waals surface area contributed by atoms with E-state index in [9.17, 15) is 4.79 Å². The van der Waals surface area contributed by atoms with E-state index in [1.807, 2.05) is 31.2 Å². The summed E-state index contributed by atoms with van der Waals surface area (Å²) >= 11 is 3.54. The first-order valence-electron chi connectivity index (χ1n) is 7.34. The number of hydrogen-bond donors (Lipinski definition) is 2. The average molecular weight is 339 g/mol. The fourth-order valence-corrected chi connectivity index (χ4v) is 3.63. The van der Waals surface area contributed by atoms with Crippen LogP contribution in [0.4, 0.5) is 0 Å². The molecule has 0 radical (unpaired) electrons. The third kappa shape index (κ3) is 3.23. The van der Waals surface area contributed by atoms with Gasteiger partial charge in [-0.3, -0.25) is 4.79 Å². The van der Waals surface area contributed by atoms with E-state index in [-0.39, 0.29) is 17.4 Å². The Labute approximate surface area is 129 Å². The third-order valence-corrected chi connectivity index (χ3v) is 5.12. The van der Waals surface area contributed by atoms with Gasteiger partial charge in [-0.15, -0.1) is 0 Å². The molecule has 1 aromatic rings. The summed E-state index contributed by atoms with van der Waals surface area (Å²) in [5.74, 6) is 0.114. The van der Waals surface area contributed by atoms with Crippen LogP contribution in [0.25, 0.3) is 0 Å². The van der Waals surface area contributed by atoms with Gasteiger partial charge in [0.25, 0.3) is 0 Å². The Morgan fingerprint density at radius 2 is 2.00 bits per heavy atom. The van der Waals surface area contributed by atoms with Gasteiger partial charge in [-0.2, -0.15) is 0 Å². The maximum atomic E-state index is 12.6. The van der Waals surface area contributed by atoms with E-state index in [2.05, 4.69) is 21.2 Å². The SMILES string of the molecule is CC(NC(=O)C1(CN)CCCCC1)c1ccccc1Br. The molecule has 0 heterocycles. The van der Waals surface area contributed by atoms with Crippen LogP contribution in [0.1, 0.15) is 50.6 Å². The van der Waals surface area contributed by atoms with E-state index in [1.165, 1.54) is 6.42 Å². The second kappa shape index (κ2) is 6.72. The first-order chi connectivity index (χ1) is 9.59. The quantitative estimate of drug-likeness (QED) is 0.882. The lowest BCUT2D eigenvalue weighted by molar-refractivity contribution is -0.133. The summed E-state index contributed by atoms with van der Waals surface area (Å²) in [5, 5.41) is 3.15. The highest BCUT2D eigenvalue weighted by Gasteiger charge is 2.38. The fourth-order valence-electron chi connectivity index (χ4n) is 3.01. The first kappa shape index (κ1) is 15.5. The van der Waals surface area contributed by atoms with Crippen LogP contribution in [0.15, 0.2) is 28.7 Å². The monoisotopic (exact) mass is 338 g/mol. The zero-order chi connectivity index (χ0) is 14.6. The molecule has 1 amide bonds. The number of carbonyl (C=O) groups excluding carboxylic acids is 1. The summed E-state index contributed by atoms with van der Waals surface area (Å²) in [6, 6.07) is 7.98. The van der Waals surface area contributed by atoms with E-state index in [0.717, 1.165) is 35.7 Å². The molecule has 4 heteroatoms. The normalized spacial score (nSPS) is 19.4.